The van der Waals surface area contributed by atoms with Crippen LogP contribution in [0.2, 0.25) is 0 Å². The van der Waals surface area contributed by atoms with Gasteiger partial charge in [-0.25, -0.2) is 4.79 Å². The molecule has 0 saturated heterocycles. The second-order valence-electron chi connectivity index (χ2n) is 7.56. The van der Waals surface area contributed by atoms with Crippen LogP contribution in [0.5, 0.6) is 0 Å². The molecule has 0 unspecified atom stereocenters. The average Bonchev–Trinajstić information content (AvgIpc) is 3.00. The van der Waals surface area contributed by atoms with E-state index in [0.717, 1.165) is 18.6 Å². The number of carbonyl (C=O) groups excluding carboxylic acids is 1. The van der Waals surface area contributed by atoms with Crippen LogP contribution >= 0.6 is 0 Å². The zero-order chi connectivity index (χ0) is 18.1. The van der Waals surface area contributed by atoms with Crippen molar-refractivity contribution in [1.82, 2.24) is 5.32 Å². The van der Waals surface area contributed by atoms with Gasteiger partial charge in [0.1, 0.15) is 5.60 Å². The number of fused-ring (bicyclic) bond motifs is 1. The fourth-order valence-corrected chi connectivity index (χ4v) is 3.64. The number of hydrogen-bond acceptors (Lipinski definition) is 5. The number of aliphatic carboxylic acids is 1. The number of oxime groups is 1. The van der Waals surface area contributed by atoms with Gasteiger partial charge in [-0.05, 0) is 40.0 Å². The molecular formula is C17H28N2O5. The van der Waals surface area contributed by atoms with Crippen LogP contribution in [0.1, 0.15) is 53.9 Å². The molecule has 7 heteroatoms. The van der Waals surface area contributed by atoms with Crippen molar-refractivity contribution in [2.24, 2.45) is 22.9 Å². The maximum Gasteiger partial charge on any atom is 0.408 e. The Bertz CT molecular complexity index is 522. The van der Waals surface area contributed by atoms with Crippen molar-refractivity contribution < 1.29 is 24.3 Å². The average molecular weight is 340 g/mol. The molecule has 0 aromatic heterocycles. The van der Waals surface area contributed by atoms with E-state index in [1.807, 2.05) is 0 Å². The normalized spacial score (nSPS) is 29.0. The summed E-state index contributed by atoms with van der Waals surface area (Å²) in [6.45, 7) is 9.47. The summed E-state index contributed by atoms with van der Waals surface area (Å²) in [6.07, 6.45) is 1.10. The topological polar surface area (TPSA) is 97.2 Å². The van der Waals surface area contributed by atoms with Gasteiger partial charge in [0.15, 0.2) is 6.10 Å². The van der Waals surface area contributed by atoms with E-state index in [-0.39, 0.29) is 11.8 Å². The van der Waals surface area contributed by atoms with E-state index in [1.54, 1.807) is 20.8 Å². The maximum atomic E-state index is 12.0. The van der Waals surface area contributed by atoms with Gasteiger partial charge in [-0.15, -0.1) is 0 Å². The van der Waals surface area contributed by atoms with E-state index < -0.39 is 35.7 Å². The number of hydrogen-bond donors (Lipinski definition) is 2. The summed E-state index contributed by atoms with van der Waals surface area (Å²) in [5.74, 6) is -1.55. The third kappa shape index (κ3) is 3.82. The molecule has 136 valence electrons. The highest BCUT2D eigenvalue weighted by atomic mass is 16.6. The van der Waals surface area contributed by atoms with Crippen molar-refractivity contribution in [2.45, 2.75) is 71.6 Å². The molecule has 2 N–H and O–H groups in total. The molecule has 7 nitrogen and oxygen atoms in total. The van der Waals surface area contributed by atoms with Gasteiger partial charge in [0.2, 0.25) is 0 Å². The molecule has 0 aromatic carbocycles. The number of carboxylic acids is 1. The number of rotatable bonds is 5. The smallest absolute Gasteiger partial charge is 0.408 e. The van der Waals surface area contributed by atoms with E-state index in [0.29, 0.717) is 6.42 Å². The lowest BCUT2D eigenvalue weighted by Crippen LogP contribution is -2.44. The van der Waals surface area contributed by atoms with Crippen molar-refractivity contribution in [3.05, 3.63) is 0 Å². The van der Waals surface area contributed by atoms with Gasteiger partial charge in [-0.1, -0.05) is 19.0 Å². The van der Waals surface area contributed by atoms with Crippen molar-refractivity contribution in [3.63, 3.8) is 0 Å². The molecule has 0 radical (unpaired) electrons. The summed E-state index contributed by atoms with van der Waals surface area (Å²) in [5, 5.41) is 16.5. The van der Waals surface area contributed by atoms with Gasteiger partial charge in [0.05, 0.1) is 23.6 Å². The molecule has 1 aliphatic carbocycles. The van der Waals surface area contributed by atoms with Gasteiger partial charge < -0.3 is 20.0 Å². The van der Waals surface area contributed by atoms with E-state index in [4.69, 9.17) is 9.57 Å². The fraction of sp³-hybridized carbons (Fsp3) is 0.824. The number of nitrogens with one attached hydrogen (secondary N) is 1. The van der Waals surface area contributed by atoms with Crippen LogP contribution in [0, 0.1) is 17.8 Å². The van der Waals surface area contributed by atoms with E-state index >= 15 is 0 Å². The Kier molecular flexibility index (Phi) is 5.40. The largest absolute Gasteiger partial charge is 0.481 e. The van der Waals surface area contributed by atoms with E-state index in [1.165, 1.54) is 0 Å². The molecule has 1 saturated carbocycles. The van der Waals surface area contributed by atoms with Crippen molar-refractivity contribution in [1.29, 1.82) is 0 Å². The molecule has 4 atom stereocenters. The number of ether oxygens (including phenoxy) is 1. The molecule has 1 heterocycles. The van der Waals surface area contributed by atoms with Crippen molar-refractivity contribution >= 4 is 17.8 Å². The summed E-state index contributed by atoms with van der Waals surface area (Å²) < 4.78 is 5.27. The summed E-state index contributed by atoms with van der Waals surface area (Å²) >= 11 is 0. The third-order valence-electron chi connectivity index (χ3n) is 4.74. The van der Waals surface area contributed by atoms with E-state index in [2.05, 4.69) is 24.3 Å². The monoisotopic (exact) mass is 340 g/mol. The molecule has 0 bridgehead atoms. The van der Waals surface area contributed by atoms with Gasteiger partial charge in [-0.3, -0.25) is 4.79 Å². The first-order valence-corrected chi connectivity index (χ1v) is 8.63. The van der Waals surface area contributed by atoms with Crippen LogP contribution in [0.3, 0.4) is 0 Å². The Labute approximate surface area is 142 Å². The molecule has 2 rings (SSSR count). The molecule has 0 spiro atoms. The lowest BCUT2D eigenvalue weighted by molar-refractivity contribution is -0.142. The Morgan fingerprint density at radius 2 is 2.00 bits per heavy atom. The van der Waals surface area contributed by atoms with E-state index in [9.17, 15) is 14.7 Å². The second kappa shape index (κ2) is 6.99. The van der Waals surface area contributed by atoms with Crippen LogP contribution in [0.4, 0.5) is 4.79 Å². The van der Waals surface area contributed by atoms with Crippen LogP contribution in [0.25, 0.3) is 0 Å². The predicted octanol–water partition coefficient (Wildman–Crippen LogP) is 2.79. The lowest BCUT2D eigenvalue weighted by atomic mass is 9.82. The van der Waals surface area contributed by atoms with Gasteiger partial charge >= 0.3 is 12.1 Å². The van der Waals surface area contributed by atoms with Gasteiger partial charge in [0, 0.05) is 5.92 Å². The van der Waals surface area contributed by atoms with Crippen LogP contribution in [0.15, 0.2) is 5.16 Å². The Morgan fingerprint density at radius 1 is 1.38 bits per heavy atom. The number of alkyl carbamates (subject to hydrolysis) is 1. The third-order valence-corrected chi connectivity index (χ3v) is 4.74. The van der Waals surface area contributed by atoms with Crippen molar-refractivity contribution in [2.75, 3.05) is 0 Å². The summed E-state index contributed by atoms with van der Waals surface area (Å²) in [7, 11) is 0. The predicted molar refractivity (Wildman–Crippen MR) is 88.8 cm³/mol. The Morgan fingerprint density at radius 3 is 2.50 bits per heavy atom. The number of amides is 1. The van der Waals surface area contributed by atoms with Crippen LogP contribution < -0.4 is 5.32 Å². The molecule has 2 aliphatic rings. The molecule has 1 fully saturated rings. The molecule has 1 aliphatic heterocycles. The zero-order valence-corrected chi connectivity index (χ0v) is 15.0. The highest BCUT2D eigenvalue weighted by molar-refractivity contribution is 5.94. The highest BCUT2D eigenvalue weighted by Crippen LogP contribution is 2.42. The first-order valence-electron chi connectivity index (χ1n) is 8.63. The van der Waals surface area contributed by atoms with Gasteiger partial charge in [-0.2, -0.15) is 0 Å². The quantitative estimate of drug-likeness (QED) is 0.802. The molecule has 0 aromatic rings. The minimum absolute atomic E-state index is 0.210. The Hall–Kier alpha value is -1.79. The molecule has 1 amide bonds. The number of nitrogens with zero attached hydrogens (tertiary/aromatic N) is 1. The second-order valence-corrected chi connectivity index (χ2v) is 7.56. The lowest BCUT2D eigenvalue weighted by Gasteiger charge is -2.23. The fourth-order valence-electron chi connectivity index (χ4n) is 3.64. The standard InChI is InChI=1S/C17H28N2O5/c1-6-9(7-2)13-12-10(15(20)21)8-11(14(12)24-19-13)18-16(22)23-17(3,4)5/h9-12,14H,6-8H2,1-5H3,(H,18,22)(H,20,21)/t10-,11+,12-,14-/m0/s1. The summed E-state index contributed by atoms with van der Waals surface area (Å²) in [6, 6.07) is -0.415. The summed E-state index contributed by atoms with van der Waals surface area (Å²) in [4.78, 5) is 29.3. The molecular weight excluding hydrogens is 312 g/mol. The van der Waals surface area contributed by atoms with Gasteiger partial charge in [0.25, 0.3) is 0 Å². The minimum atomic E-state index is -0.873. The number of carboxylic acid groups (broad SMARTS) is 1. The minimum Gasteiger partial charge on any atom is -0.481 e. The van der Waals surface area contributed by atoms with Crippen molar-refractivity contribution in [3.8, 4) is 0 Å². The Balaban J connectivity index is 2.14. The van der Waals surface area contributed by atoms with Crippen LogP contribution in [-0.4, -0.2) is 40.6 Å². The maximum absolute atomic E-state index is 12.0. The summed E-state index contributed by atoms with van der Waals surface area (Å²) in [5.41, 5.74) is 0.216. The zero-order valence-electron chi connectivity index (χ0n) is 15.0. The first kappa shape index (κ1) is 18.5. The highest BCUT2D eigenvalue weighted by Gasteiger charge is 2.55. The molecule has 24 heavy (non-hydrogen) atoms. The SMILES string of the molecule is CCC(CC)C1=NO[C@@H]2[C@H]1[C@@H](C(=O)O)C[C@H]2NC(=O)OC(C)(C)C. The first-order chi connectivity index (χ1) is 11.2. The van der Waals surface area contributed by atoms with Crippen LogP contribution in [-0.2, 0) is 14.4 Å². The number of carbonyl (C=O) groups is 2.